The molecule has 0 unspecified atom stereocenters. The maximum atomic E-state index is 13.2. The van der Waals surface area contributed by atoms with E-state index in [2.05, 4.69) is 12.2 Å². The molecule has 1 aromatic heterocycles. The standard InChI is InChI=1S/C21H24N2O3S/c1-13-12-16(13)19(24)22-20-17(21(25)23-8-10-26-11-9-23)14(2)18(27-20)15-6-4-3-5-7-15/h3-7,13,16H,8-12H2,1-2H3,(H,22,24)/t13-,16-/m0/s1. The van der Waals surface area contributed by atoms with Gasteiger partial charge in [0.05, 0.1) is 18.8 Å². The molecule has 0 radical (unpaired) electrons. The van der Waals surface area contributed by atoms with Crippen LogP contribution in [0.15, 0.2) is 30.3 Å². The maximum absolute atomic E-state index is 13.2. The fourth-order valence-electron chi connectivity index (χ4n) is 3.54. The van der Waals surface area contributed by atoms with Gasteiger partial charge in [-0.3, -0.25) is 9.59 Å². The third-order valence-electron chi connectivity index (χ3n) is 5.38. The fraction of sp³-hybridized carbons (Fsp3) is 0.429. The normalized spacial score (nSPS) is 21.8. The summed E-state index contributed by atoms with van der Waals surface area (Å²) < 4.78 is 5.38. The number of thiophene rings is 1. The van der Waals surface area contributed by atoms with Crippen molar-refractivity contribution in [3.63, 3.8) is 0 Å². The first-order valence-corrected chi connectivity index (χ1v) is 10.2. The largest absolute Gasteiger partial charge is 0.378 e. The van der Waals surface area contributed by atoms with Crippen LogP contribution in [0.4, 0.5) is 5.00 Å². The van der Waals surface area contributed by atoms with Crippen LogP contribution in [-0.2, 0) is 9.53 Å². The Bertz CT molecular complexity index is 856. The molecule has 6 heteroatoms. The molecule has 2 aromatic rings. The zero-order chi connectivity index (χ0) is 19.0. The van der Waals surface area contributed by atoms with E-state index in [1.54, 1.807) is 0 Å². The smallest absolute Gasteiger partial charge is 0.257 e. The minimum Gasteiger partial charge on any atom is -0.378 e. The molecule has 2 fully saturated rings. The lowest BCUT2D eigenvalue weighted by Gasteiger charge is -2.27. The fourth-order valence-corrected chi connectivity index (χ4v) is 4.75. The van der Waals surface area contributed by atoms with Crippen LogP contribution in [0.2, 0.25) is 0 Å². The van der Waals surface area contributed by atoms with Gasteiger partial charge in [0, 0.05) is 23.9 Å². The Morgan fingerprint density at radius 1 is 1.19 bits per heavy atom. The van der Waals surface area contributed by atoms with Gasteiger partial charge in [0.25, 0.3) is 5.91 Å². The predicted octanol–water partition coefficient (Wildman–Crippen LogP) is 3.79. The average molecular weight is 385 g/mol. The summed E-state index contributed by atoms with van der Waals surface area (Å²) in [5, 5.41) is 3.73. The van der Waals surface area contributed by atoms with Crippen molar-refractivity contribution in [1.82, 2.24) is 4.90 Å². The number of anilines is 1. The average Bonchev–Trinajstić information content (AvgIpc) is 3.35. The van der Waals surface area contributed by atoms with Gasteiger partial charge in [0.1, 0.15) is 5.00 Å². The molecular weight excluding hydrogens is 360 g/mol. The number of hydrogen-bond donors (Lipinski definition) is 1. The molecular formula is C21H24N2O3S. The molecule has 4 rings (SSSR count). The monoisotopic (exact) mass is 384 g/mol. The molecule has 142 valence electrons. The van der Waals surface area contributed by atoms with Gasteiger partial charge in [-0.2, -0.15) is 0 Å². The van der Waals surface area contributed by atoms with E-state index >= 15 is 0 Å². The van der Waals surface area contributed by atoms with Gasteiger partial charge >= 0.3 is 0 Å². The lowest BCUT2D eigenvalue weighted by molar-refractivity contribution is -0.117. The number of nitrogens with one attached hydrogen (secondary N) is 1. The molecule has 2 atom stereocenters. The van der Waals surface area contributed by atoms with Gasteiger partial charge in [0.15, 0.2) is 0 Å². The van der Waals surface area contributed by atoms with Crippen molar-refractivity contribution >= 4 is 28.2 Å². The highest BCUT2D eigenvalue weighted by atomic mass is 32.1. The Hall–Kier alpha value is -2.18. The van der Waals surface area contributed by atoms with Crippen LogP contribution >= 0.6 is 11.3 Å². The summed E-state index contributed by atoms with van der Waals surface area (Å²) in [4.78, 5) is 28.6. The number of carbonyl (C=O) groups excluding carboxylic acids is 2. The summed E-state index contributed by atoms with van der Waals surface area (Å²) in [6, 6.07) is 10.0. The van der Waals surface area contributed by atoms with Crippen LogP contribution in [0.25, 0.3) is 10.4 Å². The second-order valence-electron chi connectivity index (χ2n) is 7.34. The number of hydrogen-bond acceptors (Lipinski definition) is 4. The van der Waals surface area contributed by atoms with Gasteiger partial charge in [-0.25, -0.2) is 0 Å². The van der Waals surface area contributed by atoms with Crippen molar-refractivity contribution in [3.05, 3.63) is 41.5 Å². The number of rotatable bonds is 4. The Kier molecular flexibility index (Phi) is 5.02. The van der Waals surface area contributed by atoms with E-state index in [1.165, 1.54) is 11.3 Å². The van der Waals surface area contributed by atoms with Crippen LogP contribution in [0.3, 0.4) is 0 Å². The number of ether oxygens (including phenoxy) is 1. The van der Waals surface area contributed by atoms with Crippen LogP contribution in [0.5, 0.6) is 0 Å². The van der Waals surface area contributed by atoms with Gasteiger partial charge in [-0.1, -0.05) is 37.3 Å². The summed E-state index contributed by atoms with van der Waals surface area (Å²) >= 11 is 1.50. The Morgan fingerprint density at radius 2 is 1.85 bits per heavy atom. The molecule has 2 amide bonds. The number of nitrogens with zero attached hydrogens (tertiary/aromatic N) is 1. The number of benzene rings is 1. The van der Waals surface area contributed by atoms with E-state index < -0.39 is 0 Å². The summed E-state index contributed by atoms with van der Waals surface area (Å²) in [7, 11) is 0. The highest BCUT2D eigenvalue weighted by Crippen LogP contribution is 2.43. The molecule has 2 aliphatic rings. The molecule has 2 heterocycles. The Balaban J connectivity index is 1.71. The van der Waals surface area contributed by atoms with E-state index in [1.807, 2.05) is 42.2 Å². The zero-order valence-electron chi connectivity index (χ0n) is 15.7. The number of morpholine rings is 1. The molecule has 1 aliphatic carbocycles. The van der Waals surface area contributed by atoms with E-state index in [0.717, 1.165) is 22.4 Å². The summed E-state index contributed by atoms with van der Waals surface area (Å²) in [6.45, 7) is 6.34. The quantitative estimate of drug-likeness (QED) is 0.872. The van der Waals surface area contributed by atoms with Crippen molar-refractivity contribution in [2.75, 3.05) is 31.6 Å². The number of carbonyl (C=O) groups is 2. The summed E-state index contributed by atoms with van der Waals surface area (Å²) in [6.07, 6.45) is 0.925. The van der Waals surface area contributed by atoms with Crippen molar-refractivity contribution < 1.29 is 14.3 Å². The minimum absolute atomic E-state index is 0.0200. The van der Waals surface area contributed by atoms with Gasteiger partial charge in [-0.05, 0) is 30.4 Å². The van der Waals surface area contributed by atoms with E-state index in [-0.39, 0.29) is 17.7 Å². The van der Waals surface area contributed by atoms with Crippen LogP contribution in [-0.4, -0.2) is 43.0 Å². The lowest BCUT2D eigenvalue weighted by Crippen LogP contribution is -2.41. The van der Waals surface area contributed by atoms with E-state index in [0.29, 0.717) is 42.8 Å². The molecule has 1 saturated carbocycles. The molecule has 1 aliphatic heterocycles. The second kappa shape index (κ2) is 7.44. The molecule has 1 saturated heterocycles. The lowest BCUT2D eigenvalue weighted by atomic mass is 10.1. The first kappa shape index (κ1) is 18.2. The third kappa shape index (κ3) is 3.64. The van der Waals surface area contributed by atoms with Crippen molar-refractivity contribution in [2.24, 2.45) is 11.8 Å². The highest BCUT2D eigenvalue weighted by Gasteiger charge is 2.40. The zero-order valence-corrected chi connectivity index (χ0v) is 16.5. The molecule has 27 heavy (non-hydrogen) atoms. The molecule has 1 N–H and O–H groups in total. The minimum atomic E-state index is -0.0200. The summed E-state index contributed by atoms with van der Waals surface area (Å²) in [5.74, 6) is 0.504. The van der Waals surface area contributed by atoms with Crippen LogP contribution in [0, 0.1) is 18.8 Å². The first-order chi connectivity index (χ1) is 13.1. The van der Waals surface area contributed by atoms with Crippen molar-refractivity contribution in [1.29, 1.82) is 0 Å². The third-order valence-corrected chi connectivity index (χ3v) is 6.63. The van der Waals surface area contributed by atoms with Crippen molar-refractivity contribution in [3.8, 4) is 10.4 Å². The van der Waals surface area contributed by atoms with E-state index in [4.69, 9.17) is 4.74 Å². The van der Waals surface area contributed by atoms with Crippen LogP contribution < -0.4 is 5.32 Å². The molecule has 0 bridgehead atoms. The first-order valence-electron chi connectivity index (χ1n) is 9.43. The predicted molar refractivity (Wildman–Crippen MR) is 107 cm³/mol. The maximum Gasteiger partial charge on any atom is 0.257 e. The Labute approximate surface area is 163 Å². The Morgan fingerprint density at radius 3 is 2.48 bits per heavy atom. The van der Waals surface area contributed by atoms with E-state index in [9.17, 15) is 9.59 Å². The SMILES string of the molecule is Cc1c(-c2ccccc2)sc(NC(=O)[C@H]2C[C@@H]2C)c1C(=O)N1CCOCC1. The van der Waals surface area contributed by atoms with Crippen LogP contribution in [0.1, 0.15) is 29.3 Å². The highest BCUT2D eigenvalue weighted by molar-refractivity contribution is 7.20. The van der Waals surface area contributed by atoms with Gasteiger partial charge in [0.2, 0.25) is 5.91 Å². The number of amides is 2. The molecule has 0 spiro atoms. The van der Waals surface area contributed by atoms with Gasteiger partial charge < -0.3 is 15.0 Å². The topological polar surface area (TPSA) is 58.6 Å². The molecule has 1 aromatic carbocycles. The summed E-state index contributed by atoms with van der Waals surface area (Å²) in [5.41, 5.74) is 2.63. The molecule has 5 nitrogen and oxygen atoms in total. The van der Waals surface area contributed by atoms with Crippen molar-refractivity contribution in [2.45, 2.75) is 20.3 Å². The van der Waals surface area contributed by atoms with Gasteiger partial charge in [-0.15, -0.1) is 11.3 Å². The second-order valence-corrected chi connectivity index (χ2v) is 8.36.